The second kappa shape index (κ2) is 9.85. The van der Waals surface area contributed by atoms with Crippen molar-refractivity contribution in [1.29, 1.82) is 0 Å². The number of benzene rings is 1. The zero-order chi connectivity index (χ0) is 19.9. The van der Waals surface area contributed by atoms with E-state index < -0.39 is 11.6 Å². The Morgan fingerprint density at radius 2 is 2.04 bits per heavy atom. The van der Waals surface area contributed by atoms with Crippen molar-refractivity contribution in [3.05, 3.63) is 35.4 Å². The van der Waals surface area contributed by atoms with Crippen molar-refractivity contribution >= 4 is 11.9 Å². The number of hydrogen-bond donors (Lipinski definition) is 2. The van der Waals surface area contributed by atoms with Gasteiger partial charge in [0.15, 0.2) is 5.96 Å². The molecule has 1 aromatic rings. The fraction of sp³-hybridized carbons (Fsp3) is 0.619. The average Bonchev–Trinajstić information content (AvgIpc) is 3.43. The molecule has 1 aliphatic carbocycles. The first-order valence-corrected chi connectivity index (χ1v) is 10.4. The van der Waals surface area contributed by atoms with Crippen molar-refractivity contribution < 1.29 is 13.6 Å². The molecule has 2 unspecified atom stereocenters. The van der Waals surface area contributed by atoms with Crippen LogP contribution in [0.2, 0.25) is 0 Å². The van der Waals surface area contributed by atoms with Crippen molar-refractivity contribution in [3.63, 3.8) is 0 Å². The van der Waals surface area contributed by atoms with Gasteiger partial charge < -0.3 is 15.5 Å². The van der Waals surface area contributed by atoms with Gasteiger partial charge in [-0.15, -0.1) is 0 Å². The summed E-state index contributed by atoms with van der Waals surface area (Å²) in [6.45, 7) is 4.87. The van der Waals surface area contributed by atoms with E-state index in [0.29, 0.717) is 31.9 Å². The molecule has 0 radical (unpaired) electrons. The minimum Gasteiger partial charge on any atom is -0.357 e. The van der Waals surface area contributed by atoms with E-state index >= 15 is 0 Å². The lowest BCUT2D eigenvalue weighted by Crippen LogP contribution is -2.39. The molecule has 2 N–H and O–H groups in total. The lowest BCUT2D eigenvalue weighted by molar-refractivity contribution is -0.130. The van der Waals surface area contributed by atoms with Gasteiger partial charge in [0.05, 0.1) is 0 Å². The van der Waals surface area contributed by atoms with Crippen molar-refractivity contribution in [2.75, 3.05) is 26.2 Å². The minimum atomic E-state index is -0.488. The number of halogens is 2. The predicted octanol–water partition coefficient (Wildman–Crippen LogP) is 3.17. The van der Waals surface area contributed by atoms with Crippen LogP contribution in [-0.4, -0.2) is 49.0 Å². The molecule has 0 aromatic heterocycles. The number of carbonyl (C=O) groups is 1. The van der Waals surface area contributed by atoms with Gasteiger partial charge in [0.1, 0.15) is 11.6 Å². The van der Waals surface area contributed by atoms with Gasteiger partial charge >= 0.3 is 0 Å². The molecule has 1 saturated carbocycles. The molecular weight excluding hydrogens is 362 g/mol. The monoisotopic (exact) mass is 392 g/mol. The molecule has 154 valence electrons. The summed E-state index contributed by atoms with van der Waals surface area (Å²) in [6, 6.07) is 3.98. The lowest BCUT2D eigenvalue weighted by Gasteiger charge is -2.20. The summed E-state index contributed by atoms with van der Waals surface area (Å²) in [5.74, 6) is -0.232. The number of amides is 1. The van der Waals surface area contributed by atoms with Gasteiger partial charge in [0.25, 0.3) is 0 Å². The van der Waals surface area contributed by atoms with Crippen LogP contribution in [0.4, 0.5) is 8.78 Å². The normalized spacial score (nSPS) is 22.8. The first-order valence-electron chi connectivity index (χ1n) is 10.4. The number of rotatable bonds is 7. The summed E-state index contributed by atoms with van der Waals surface area (Å²) in [5.41, 5.74) is 0.163. The Labute approximate surface area is 165 Å². The Morgan fingerprint density at radius 1 is 1.25 bits per heavy atom. The molecule has 5 nitrogen and oxygen atoms in total. The number of nitrogens with one attached hydrogen (secondary N) is 2. The van der Waals surface area contributed by atoms with E-state index in [1.165, 1.54) is 18.2 Å². The molecule has 1 aromatic carbocycles. The second-order valence-electron chi connectivity index (χ2n) is 7.53. The number of nitrogens with zero attached hydrogens (tertiary/aromatic N) is 2. The Balaban J connectivity index is 1.49. The van der Waals surface area contributed by atoms with Crippen LogP contribution in [-0.2, 0) is 4.79 Å². The van der Waals surface area contributed by atoms with Crippen molar-refractivity contribution in [3.8, 4) is 0 Å². The molecule has 28 heavy (non-hydrogen) atoms. The molecule has 7 heteroatoms. The number of hydrogen-bond acceptors (Lipinski definition) is 2. The molecule has 0 spiro atoms. The van der Waals surface area contributed by atoms with Gasteiger partial charge in [-0.25, -0.2) is 8.78 Å². The molecule has 1 amide bonds. The molecular formula is C21H30F2N4O. The van der Waals surface area contributed by atoms with Crippen LogP contribution in [0.1, 0.15) is 56.9 Å². The quantitative estimate of drug-likeness (QED) is 0.426. The van der Waals surface area contributed by atoms with Gasteiger partial charge in [-0.1, -0.05) is 12.5 Å². The van der Waals surface area contributed by atoms with E-state index in [-0.39, 0.29) is 23.4 Å². The van der Waals surface area contributed by atoms with Gasteiger partial charge in [-0.05, 0) is 44.7 Å². The fourth-order valence-corrected chi connectivity index (χ4v) is 3.76. The maximum Gasteiger partial charge on any atom is 0.222 e. The topological polar surface area (TPSA) is 56.7 Å². The molecule has 2 atom stereocenters. The van der Waals surface area contributed by atoms with Gasteiger partial charge in [-0.3, -0.25) is 9.79 Å². The van der Waals surface area contributed by atoms with E-state index in [0.717, 1.165) is 38.8 Å². The number of aliphatic imine (C=N–C) groups is 1. The van der Waals surface area contributed by atoms with E-state index in [1.807, 2.05) is 11.8 Å². The van der Waals surface area contributed by atoms with Crippen molar-refractivity contribution in [2.45, 2.75) is 57.4 Å². The highest BCUT2D eigenvalue weighted by molar-refractivity contribution is 5.80. The summed E-state index contributed by atoms with van der Waals surface area (Å²) in [5, 5.41) is 6.46. The van der Waals surface area contributed by atoms with E-state index in [9.17, 15) is 13.6 Å². The van der Waals surface area contributed by atoms with Crippen LogP contribution < -0.4 is 10.6 Å². The number of carbonyl (C=O) groups excluding carboxylic acids is 1. The van der Waals surface area contributed by atoms with Gasteiger partial charge in [0.2, 0.25) is 5.91 Å². The molecule has 1 heterocycles. The second-order valence-corrected chi connectivity index (χ2v) is 7.53. The molecule has 2 aliphatic rings. The SMILES string of the molecule is CCNC(=NCCCN1CCCCCC1=O)NC1CC1c1c(F)cccc1F. The standard InChI is InChI=1S/C21H30F2N4O/c1-2-24-21(25-11-7-13-27-12-5-3-4-10-19(27)28)26-18-14-15(18)20-16(22)8-6-9-17(20)23/h6,8-9,15,18H,2-5,7,10-14H2,1H3,(H2,24,25,26). The van der Waals surface area contributed by atoms with E-state index in [2.05, 4.69) is 15.6 Å². The Hall–Kier alpha value is -2.18. The number of guanidine groups is 1. The van der Waals surface area contributed by atoms with Crippen LogP contribution >= 0.6 is 0 Å². The van der Waals surface area contributed by atoms with Crippen LogP contribution in [0.5, 0.6) is 0 Å². The summed E-state index contributed by atoms with van der Waals surface area (Å²) < 4.78 is 27.9. The highest BCUT2D eigenvalue weighted by atomic mass is 19.1. The van der Waals surface area contributed by atoms with Crippen LogP contribution in [0.3, 0.4) is 0 Å². The molecule has 1 aliphatic heterocycles. The predicted molar refractivity (Wildman–Crippen MR) is 106 cm³/mol. The van der Waals surface area contributed by atoms with Crippen LogP contribution in [0, 0.1) is 11.6 Å². The number of likely N-dealkylation sites (tertiary alicyclic amines) is 1. The van der Waals surface area contributed by atoms with Gasteiger partial charge in [0, 0.05) is 50.1 Å². The minimum absolute atomic E-state index is 0.0172. The molecule has 1 saturated heterocycles. The zero-order valence-corrected chi connectivity index (χ0v) is 16.5. The summed E-state index contributed by atoms with van der Waals surface area (Å²) in [4.78, 5) is 18.5. The maximum atomic E-state index is 13.9. The van der Waals surface area contributed by atoms with Gasteiger partial charge in [-0.2, -0.15) is 0 Å². The van der Waals surface area contributed by atoms with E-state index in [1.54, 1.807) is 0 Å². The smallest absolute Gasteiger partial charge is 0.222 e. The first-order chi connectivity index (χ1) is 13.6. The Morgan fingerprint density at radius 3 is 2.79 bits per heavy atom. The summed E-state index contributed by atoms with van der Waals surface area (Å²) in [6.07, 6.45) is 5.34. The molecule has 2 fully saturated rings. The van der Waals surface area contributed by atoms with Crippen molar-refractivity contribution in [2.24, 2.45) is 4.99 Å². The van der Waals surface area contributed by atoms with E-state index in [4.69, 9.17) is 0 Å². The highest BCUT2D eigenvalue weighted by Crippen LogP contribution is 2.43. The van der Waals surface area contributed by atoms with Crippen molar-refractivity contribution in [1.82, 2.24) is 15.5 Å². The lowest BCUT2D eigenvalue weighted by atomic mass is 10.1. The zero-order valence-electron chi connectivity index (χ0n) is 16.5. The first kappa shape index (κ1) is 20.6. The third-order valence-electron chi connectivity index (χ3n) is 5.35. The van der Waals surface area contributed by atoms with Crippen LogP contribution in [0.15, 0.2) is 23.2 Å². The molecule has 0 bridgehead atoms. The average molecular weight is 392 g/mol. The Kier molecular flexibility index (Phi) is 7.23. The largest absolute Gasteiger partial charge is 0.357 e. The van der Waals surface area contributed by atoms with Crippen LogP contribution in [0.25, 0.3) is 0 Å². The molecule has 3 rings (SSSR count). The third-order valence-corrected chi connectivity index (χ3v) is 5.35. The third kappa shape index (κ3) is 5.42. The fourth-order valence-electron chi connectivity index (χ4n) is 3.76. The Bertz CT molecular complexity index is 689. The summed E-state index contributed by atoms with van der Waals surface area (Å²) in [7, 11) is 0. The summed E-state index contributed by atoms with van der Waals surface area (Å²) >= 11 is 0. The maximum absolute atomic E-state index is 13.9. The highest BCUT2D eigenvalue weighted by Gasteiger charge is 2.42.